The van der Waals surface area contributed by atoms with E-state index >= 15 is 0 Å². The molecule has 2 heterocycles. The topological polar surface area (TPSA) is 69.4 Å². The summed E-state index contributed by atoms with van der Waals surface area (Å²) >= 11 is 0. The first-order chi connectivity index (χ1) is 8.28. The number of hydrogen-bond donors (Lipinski definition) is 1. The van der Waals surface area contributed by atoms with Gasteiger partial charge in [-0.05, 0) is 12.8 Å². The van der Waals surface area contributed by atoms with Gasteiger partial charge < -0.3 is 19.3 Å². The Bertz CT molecular complexity index is 351. The monoisotopic (exact) mass is 241 g/mol. The van der Waals surface area contributed by atoms with Gasteiger partial charge >= 0.3 is 0 Å². The lowest BCUT2D eigenvalue weighted by Gasteiger charge is -2.06. The van der Waals surface area contributed by atoms with Crippen molar-refractivity contribution in [1.29, 1.82) is 0 Å². The van der Waals surface area contributed by atoms with Gasteiger partial charge in [0.1, 0.15) is 6.10 Å². The summed E-state index contributed by atoms with van der Waals surface area (Å²) in [6.07, 6.45) is 1.82. The van der Waals surface area contributed by atoms with E-state index in [2.05, 4.69) is 15.5 Å². The summed E-state index contributed by atoms with van der Waals surface area (Å²) < 4.78 is 15.8. The molecule has 0 spiro atoms. The number of hydrogen-bond acceptors (Lipinski definition) is 6. The van der Waals surface area contributed by atoms with Crippen LogP contribution in [-0.2, 0) is 9.47 Å². The van der Waals surface area contributed by atoms with E-state index in [0.717, 1.165) is 19.4 Å². The van der Waals surface area contributed by atoms with Crippen molar-refractivity contribution in [2.24, 2.45) is 0 Å². The third-order valence-electron chi connectivity index (χ3n) is 3.12. The standard InChI is InChI=1S/C11H19N3O3/c1-4-9(16-3)10-13-11(17-14-10)8-5-7(15-2)6-12-8/h7-9,12H,4-6H2,1-3H3/t7-,8+,9?/m0/s1. The van der Waals surface area contributed by atoms with Crippen LogP contribution >= 0.6 is 0 Å². The molecule has 6 nitrogen and oxygen atoms in total. The minimum atomic E-state index is -0.0906. The van der Waals surface area contributed by atoms with Gasteiger partial charge in [0, 0.05) is 20.8 Å². The first-order valence-corrected chi connectivity index (χ1v) is 5.91. The molecule has 1 aromatic rings. The van der Waals surface area contributed by atoms with Gasteiger partial charge in [-0.25, -0.2) is 0 Å². The molecule has 2 rings (SSSR count). The van der Waals surface area contributed by atoms with Gasteiger partial charge in [0.15, 0.2) is 0 Å². The fraction of sp³-hybridized carbons (Fsp3) is 0.818. The Morgan fingerprint density at radius 3 is 2.94 bits per heavy atom. The Balaban J connectivity index is 2.03. The van der Waals surface area contributed by atoms with E-state index in [-0.39, 0.29) is 18.2 Å². The zero-order valence-electron chi connectivity index (χ0n) is 10.5. The van der Waals surface area contributed by atoms with Crippen LogP contribution in [0.3, 0.4) is 0 Å². The van der Waals surface area contributed by atoms with Gasteiger partial charge in [-0.2, -0.15) is 4.98 Å². The van der Waals surface area contributed by atoms with Crippen molar-refractivity contribution in [3.05, 3.63) is 11.7 Å². The average Bonchev–Trinajstić information content (AvgIpc) is 2.98. The van der Waals surface area contributed by atoms with E-state index in [1.807, 2.05) is 6.92 Å². The lowest BCUT2D eigenvalue weighted by atomic mass is 10.2. The third-order valence-corrected chi connectivity index (χ3v) is 3.12. The van der Waals surface area contributed by atoms with Crippen molar-refractivity contribution in [3.8, 4) is 0 Å². The highest BCUT2D eigenvalue weighted by atomic mass is 16.5. The van der Waals surface area contributed by atoms with Gasteiger partial charge in [-0.15, -0.1) is 0 Å². The van der Waals surface area contributed by atoms with Crippen LogP contribution < -0.4 is 5.32 Å². The summed E-state index contributed by atoms with van der Waals surface area (Å²) in [5, 5.41) is 7.26. The maximum atomic E-state index is 5.28. The minimum Gasteiger partial charge on any atom is -0.380 e. The van der Waals surface area contributed by atoms with Gasteiger partial charge in [0.25, 0.3) is 0 Å². The van der Waals surface area contributed by atoms with E-state index < -0.39 is 0 Å². The predicted molar refractivity (Wildman–Crippen MR) is 60.5 cm³/mol. The highest BCUT2D eigenvalue weighted by molar-refractivity contribution is 4.99. The zero-order valence-corrected chi connectivity index (χ0v) is 10.5. The number of rotatable bonds is 5. The number of aromatic nitrogens is 2. The normalized spacial score (nSPS) is 26.3. The molecule has 6 heteroatoms. The summed E-state index contributed by atoms with van der Waals surface area (Å²) in [5.74, 6) is 1.24. The quantitative estimate of drug-likeness (QED) is 0.835. The van der Waals surface area contributed by atoms with E-state index in [0.29, 0.717) is 11.7 Å². The second-order valence-electron chi connectivity index (χ2n) is 4.18. The van der Waals surface area contributed by atoms with Crippen LogP contribution in [0.1, 0.15) is 43.6 Å². The van der Waals surface area contributed by atoms with E-state index in [1.165, 1.54) is 0 Å². The summed E-state index contributed by atoms with van der Waals surface area (Å²) in [6.45, 7) is 2.85. The fourth-order valence-corrected chi connectivity index (χ4v) is 2.05. The van der Waals surface area contributed by atoms with Crippen LogP contribution in [0.4, 0.5) is 0 Å². The van der Waals surface area contributed by atoms with Gasteiger partial charge in [-0.1, -0.05) is 12.1 Å². The fourth-order valence-electron chi connectivity index (χ4n) is 2.05. The molecule has 96 valence electrons. The predicted octanol–water partition coefficient (Wildman–Crippen LogP) is 1.22. The van der Waals surface area contributed by atoms with Crippen molar-refractivity contribution < 1.29 is 14.0 Å². The lowest BCUT2D eigenvalue weighted by molar-refractivity contribution is 0.0903. The van der Waals surface area contributed by atoms with E-state index in [4.69, 9.17) is 14.0 Å². The first-order valence-electron chi connectivity index (χ1n) is 5.91. The molecule has 0 saturated carbocycles. The summed E-state index contributed by atoms with van der Waals surface area (Å²) in [6, 6.07) is 0.0931. The second kappa shape index (κ2) is 5.57. The Hall–Kier alpha value is -0.980. The summed E-state index contributed by atoms with van der Waals surface area (Å²) in [4.78, 5) is 4.38. The molecule has 0 radical (unpaired) electrons. The van der Waals surface area contributed by atoms with Crippen molar-refractivity contribution in [3.63, 3.8) is 0 Å². The maximum Gasteiger partial charge on any atom is 0.243 e. The highest BCUT2D eigenvalue weighted by Gasteiger charge is 2.30. The van der Waals surface area contributed by atoms with Crippen LogP contribution in [0.2, 0.25) is 0 Å². The molecule has 1 unspecified atom stereocenters. The molecule has 1 aliphatic heterocycles. The molecule has 1 fully saturated rings. The molecule has 3 atom stereocenters. The molecular formula is C11H19N3O3. The van der Waals surface area contributed by atoms with E-state index in [9.17, 15) is 0 Å². The minimum absolute atomic E-state index is 0.0906. The summed E-state index contributed by atoms with van der Waals surface area (Å²) in [7, 11) is 3.37. The van der Waals surface area contributed by atoms with Crippen molar-refractivity contribution in [2.75, 3.05) is 20.8 Å². The molecule has 1 N–H and O–H groups in total. The van der Waals surface area contributed by atoms with Crippen LogP contribution in [0.25, 0.3) is 0 Å². The molecule has 0 bridgehead atoms. The molecule has 0 aromatic carbocycles. The molecule has 0 aliphatic carbocycles. The van der Waals surface area contributed by atoms with Gasteiger partial charge in [0.2, 0.25) is 11.7 Å². The number of ether oxygens (including phenoxy) is 2. The van der Waals surface area contributed by atoms with Crippen LogP contribution in [0.5, 0.6) is 0 Å². The number of nitrogens with one attached hydrogen (secondary N) is 1. The lowest BCUT2D eigenvalue weighted by Crippen LogP contribution is -2.16. The third kappa shape index (κ3) is 2.65. The van der Waals surface area contributed by atoms with Gasteiger partial charge in [0.05, 0.1) is 12.1 Å². The Labute approximate surface area is 101 Å². The molecule has 0 amide bonds. The average molecular weight is 241 g/mol. The largest absolute Gasteiger partial charge is 0.380 e. The first kappa shape index (κ1) is 12.5. The van der Waals surface area contributed by atoms with Gasteiger partial charge in [-0.3, -0.25) is 0 Å². The van der Waals surface area contributed by atoms with Crippen molar-refractivity contribution in [1.82, 2.24) is 15.5 Å². The molecule has 1 aliphatic rings. The second-order valence-corrected chi connectivity index (χ2v) is 4.18. The zero-order chi connectivity index (χ0) is 12.3. The Kier molecular flexibility index (Phi) is 4.09. The number of nitrogens with zero attached hydrogens (tertiary/aromatic N) is 2. The van der Waals surface area contributed by atoms with Crippen LogP contribution in [0, 0.1) is 0 Å². The number of methoxy groups -OCH3 is 2. The van der Waals surface area contributed by atoms with E-state index in [1.54, 1.807) is 14.2 Å². The SMILES string of the molecule is CCC(OC)c1noc([C@H]2C[C@H](OC)CN2)n1. The molecule has 17 heavy (non-hydrogen) atoms. The van der Waals surface area contributed by atoms with Crippen LogP contribution in [-0.4, -0.2) is 37.0 Å². The molecule has 1 saturated heterocycles. The summed E-state index contributed by atoms with van der Waals surface area (Å²) in [5.41, 5.74) is 0. The Morgan fingerprint density at radius 2 is 2.35 bits per heavy atom. The van der Waals surface area contributed by atoms with Crippen LogP contribution in [0.15, 0.2) is 4.52 Å². The molecule has 1 aromatic heterocycles. The maximum absolute atomic E-state index is 5.28. The van der Waals surface area contributed by atoms with Crippen molar-refractivity contribution >= 4 is 0 Å². The Morgan fingerprint density at radius 1 is 1.53 bits per heavy atom. The molecular weight excluding hydrogens is 222 g/mol. The smallest absolute Gasteiger partial charge is 0.243 e. The highest BCUT2D eigenvalue weighted by Crippen LogP contribution is 2.25. The van der Waals surface area contributed by atoms with Crippen molar-refractivity contribution in [2.45, 2.75) is 38.0 Å².